The minimum Gasteiger partial charge on any atom is -0.271 e. The number of aryl methyl sites for hydroxylation is 2. The molecule has 4 nitrogen and oxygen atoms in total. The summed E-state index contributed by atoms with van der Waals surface area (Å²) >= 11 is 3.37. The standard InChI is InChI=1S/C14H16BrFN4/c1-8-5-12(9(2)20-19-8)14(18-17)6-10-3-4-11(16)7-13(10)15/h3-5,7,14,18H,6,17H2,1-2H3. The van der Waals surface area contributed by atoms with E-state index in [0.29, 0.717) is 6.42 Å². The Kier molecular flexibility index (Phi) is 4.80. The average Bonchev–Trinajstić information content (AvgIpc) is 2.41. The second-order valence-electron chi connectivity index (χ2n) is 4.69. The zero-order valence-corrected chi connectivity index (χ0v) is 12.9. The Balaban J connectivity index is 2.31. The first kappa shape index (κ1) is 15.0. The van der Waals surface area contributed by atoms with Gasteiger partial charge in [0.15, 0.2) is 0 Å². The summed E-state index contributed by atoms with van der Waals surface area (Å²) in [6.45, 7) is 3.78. The molecule has 0 aliphatic carbocycles. The lowest BCUT2D eigenvalue weighted by Gasteiger charge is -2.19. The molecule has 0 radical (unpaired) electrons. The van der Waals surface area contributed by atoms with Crippen LogP contribution < -0.4 is 11.3 Å². The summed E-state index contributed by atoms with van der Waals surface area (Å²) < 4.78 is 13.8. The molecule has 0 saturated heterocycles. The van der Waals surface area contributed by atoms with Crippen molar-refractivity contribution in [3.63, 3.8) is 0 Å². The van der Waals surface area contributed by atoms with Crippen LogP contribution in [0.1, 0.15) is 28.6 Å². The normalized spacial score (nSPS) is 12.4. The predicted molar refractivity (Wildman–Crippen MR) is 79.4 cm³/mol. The number of nitrogens with one attached hydrogen (secondary N) is 1. The highest BCUT2D eigenvalue weighted by molar-refractivity contribution is 9.10. The van der Waals surface area contributed by atoms with E-state index in [0.717, 1.165) is 27.0 Å². The molecule has 2 rings (SSSR count). The van der Waals surface area contributed by atoms with Crippen molar-refractivity contribution in [3.8, 4) is 0 Å². The van der Waals surface area contributed by atoms with E-state index >= 15 is 0 Å². The summed E-state index contributed by atoms with van der Waals surface area (Å²) in [5, 5.41) is 8.12. The summed E-state index contributed by atoms with van der Waals surface area (Å²) in [5.74, 6) is 5.40. The zero-order chi connectivity index (χ0) is 14.7. The monoisotopic (exact) mass is 338 g/mol. The predicted octanol–water partition coefficient (Wildman–Crippen LogP) is 2.74. The Morgan fingerprint density at radius 2 is 2.05 bits per heavy atom. The molecule has 6 heteroatoms. The summed E-state index contributed by atoms with van der Waals surface area (Å²) in [4.78, 5) is 0. The number of rotatable bonds is 4. The summed E-state index contributed by atoms with van der Waals surface area (Å²) in [5.41, 5.74) is 6.43. The van der Waals surface area contributed by atoms with Crippen LogP contribution in [0.4, 0.5) is 4.39 Å². The van der Waals surface area contributed by atoms with Gasteiger partial charge in [-0.15, -0.1) is 0 Å². The Morgan fingerprint density at radius 3 is 2.70 bits per heavy atom. The molecule has 0 amide bonds. The lowest BCUT2D eigenvalue weighted by molar-refractivity contribution is 0.542. The molecule has 1 aromatic carbocycles. The van der Waals surface area contributed by atoms with Gasteiger partial charge in [-0.1, -0.05) is 22.0 Å². The second-order valence-corrected chi connectivity index (χ2v) is 5.54. The van der Waals surface area contributed by atoms with Crippen LogP contribution in [-0.2, 0) is 6.42 Å². The van der Waals surface area contributed by atoms with Crippen LogP contribution in [0, 0.1) is 19.7 Å². The van der Waals surface area contributed by atoms with Crippen molar-refractivity contribution in [1.29, 1.82) is 0 Å². The fourth-order valence-electron chi connectivity index (χ4n) is 2.09. The van der Waals surface area contributed by atoms with Gasteiger partial charge in [-0.3, -0.25) is 11.3 Å². The van der Waals surface area contributed by atoms with Gasteiger partial charge in [-0.05, 0) is 49.6 Å². The lowest BCUT2D eigenvalue weighted by atomic mass is 9.98. The number of benzene rings is 1. The molecule has 1 heterocycles. The van der Waals surface area contributed by atoms with Crippen molar-refractivity contribution in [2.45, 2.75) is 26.3 Å². The maximum atomic E-state index is 13.1. The maximum absolute atomic E-state index is 13.1. The Labute approximate surface area is 125 Å². The van der Waals surface area contributed by atoms with Gasteiger partial charge in [0.05, 0.1) is 17.4 Å². The fourth-order valence-corrected chi connectivity index (χ4v) is 2.60. The highest BCUT2D eigenvalue weighted by Gasteiger charge is 2.16. The Bertz CT molecular complexity index is 618. The first-order chi connectivity index (χ1) is 9.51. The summed E-state index contributed by atoms with van der Waals surface area (Å²) in [7, 11) is 0. The van der Waals surface area contributed by atoms with E-state index in [1.807, 2.05) is 19.9 Å². The topological polar surface area (TPSA) is 63.8 Å². The number of nitrogens with two attached hydrogens (primary N) is 1. The second kappa shape index (κ2) is 6.39. The molecule has 0 spiro atoms. The van der Waals surface area contributed by atoms with Crippen LogP contribution in [0.25, 0.3) is 0 Å². The maximum Gasteiger partial charge on any atom is 0.124 e. The van der Waals surface area contributed by atoms with Gasteiger partial charge >= 0.3 is 0 Å². The van der Waals surface area contributed by atoms with E-state index in [1.165, 1.54) is 12.1 Å². The van der Waals surface area contributed by atoms with Crippen LogP contribution in [0.2, 0.25) is 0 Å². The number of halogens is 2. The molecule has 0 aliphatic rings. The summed E-state index contributed by atoms with van der Waals surface area (Å²) in [6, 6.07) is 6.50. The largest absolute Gasteiger partial charge is 0.271 e. The third-order valence-electron chi connectivity index (χ3n) is 3.16. The van der Waals surface area contributed by atoms with Gasteiger partial charge < -0.3 is 0 Å². The third-order valence-corrected chi connectivity index (χ3v) is 3.89. The van der Waals surface area contributed by atoms with Crippen LogP contribution in [-0.4, -0.2) is 10.2 Å². The van der Waals surface area contributed by atoms with E-state index < -0.39 is 0 Å². The molecule has 20 heavy (non-hydrogen) atoms. The number of hydrazine groups is 1. The molecule has 2 aromatic rings. The number of nitrogens with zero attached hydrogens (tertiary/aromatic N) is 2. The van der Waals surface area contributed by atoms with E-state index in [-0.39, 0.29) is 11.9 Å². The molecule has 106 valence electrons. The van der Waals surface area contributed by atoms with Gasteiger partial charge in [0.2, 0.25) is 0 Å². The van der Waals surface area contributed by atoms with E-state index in [4.69, 9.17) is 5.84 Å². The Morgan fingerprint density at radius 1 is 1.30 bits per heavy atom. The highest BCUT2D eigenvalue weighted by Crippen LogP contribution is 2.25. The van der Waals surface area contributed by atoms with E-state index in [9.17, 15) is 4.39 Å². The number of hydrogen-bond acceptors (Lipinski definition) is 4. The number of hydrogen-bond donors (Lipinski definition) is 2. The van der Waals surface area contributed by atoms with Crippen molar-refractivity contribution in [2.24, 2.45) is 5.84 Å². The van der Waals surface area contributed by atoms with Crippen molar-refractivity contribution in [1.82, 2.24) is 15.6 Å². The fraction of sp³-hybridized carbons (Fsp3) is 0.286. The van der Waals surface area contributed by atoms with Gasteiger partial charge in [-0.2, -0.15) is 10.2 Å². The molecular weight excluding hydrogens is 323 g/mol. The molecule has 0 aliphatic heterocycles. The Hall–Kier alpha value is -1.37. The first-order valence-corrected chi connectivity index (χ1v) is 7.01. The molecule has 1 atom stereocenters. The number of aromatic nitrogens is 2. The van der Waals surface area contributed by atoms with E-state index in [1.54, 1.807) is 6.07 Å². The quantitative estimate of drug-likeness (QED) is 0.664. The van der Waals surface area contributed by atoms with Crippen LogP contribution >= 0.6 is 15.9 Å². The van der Waals surface area contributed by atoms with Crippen molar-refractivity contribution in [2.75, 3.05) is 0 Å². The van der Waals surface area contributed by atoms with Gasteiger partial charge in [0, 0.05) is 4.47 Å². The minimum atomic E-state index is -0.268. The zero-order valence-electron chi connectivity index (χ0n) is 11.3. The SMILES string of the molecule is Cc1cc(C(Cc2ccc(F)cc2Br)NN)c(C)nn1. The molecular formula is C14H16BrFN4. The highest BCUT2D eigenvalue weighted by atomic mass is 79.9. The van der Waals surface area contributed by atoms with Crippen molar-refractivity contribution >= 4 is 15.9 Å². The first-order valence-electron chi connectivity index (χ1n) is 6.22. The smallest absolute Gasteiger partial charge is 0.124 e. The average molecular weight is 339 g/mol. The molecule has 1 unspecified atom stereocenters. The molecule has 0 fully saturated rings. The van der Waals surface area contributed by atoms with Gasteiger partial charge in [0.25, 0.3) is 0 Å². The van der Waals surface area contributed by atoms with Crippen LogP contribution in [0.3, 0.4) is 0 Å². The third kappa shape index (κ3) is 3.39. The van der Waals surface area contributed by atoms with E-state index in [2.05, 4.69) is 31.6 Å². The van der Waals surface area contributed by atoms with Crippen LogP contribution in [0.5, 0.6) is 0 Å². The minimum absolute atomic E-state index is 0.106. The lowest BCUT2D eigenvalue weighted by Crippen LogP contribution is -2.30. The molecule has 0 saturated carbocycles. The summed E-state index contributed by atoms with van der Waals surface area (Å²) in [6.07, 6.45) is 0.628. The van der Waals surface area contributed by atoms with Gasteiger partial charge in [0.1, 0.15) is 5.82 Å². The van der Waals surface area contributed by atoms with Crippen molar-refractivity contribution < 1.29 is 4.39 Å². The van der Waals surface area contributed by atoms with Crippen molar-refractivity contribution in [3.05, 3.63) is 57.1 Å². The van der Waals surface area contributed by atoms with Gasteiger partial charge in [-0.25, -0.2) is 4.39 Å². The molecule has 0 bridgehead atoms. The molecule has 3 N–H and O–H groups in total. The molecule has 1 aromatic heterocycles. The van der Waals surface area contributed by atoms with Crippen LogP contribution in [0.15, 0.2) is 28.7 Å².